The largest absolute Gasteiger partial charge is 0.481 e. The van der Waals surface area contributed by atoms with Crippen LogP contribution in [0.2, 0.25) is 0 Å². The molecule has 0 aromatic rings. The van der Waals surface area contributed by atoms with Gasteiger partial charge in [-0.3, -0.25) is 9.59 Å². The van der Waals surface area contributed by atoms with Crippen LogP contribution in [0.3, 0.4) is 0 Å². The molecule has 1 amide bonds. The van der Waals surface area contributed by atoms with E-state index in [1.165, 1.54) is 12.0 Å². The van der Waals surface area contributed by atoms with Crippen molar-refractivity contribution in [2.45, 2.75) is 46.5 Å². The van der Waals surface area contributed by atoms with E-state index in [0.29, 0.717) is 6.54 Å². The standard InChI is InChI=1S/C14H23NO3/c1-14(2,3)11(13(17)18)12(16)15-9-8-10-6-4-5-7-10/h6,11H,4-5,7-9H2,1-3H3,(H,15,16)(H,17,18). The van der Waals surface area contributed by atoms with Crippen molar-refractivity contribution in [3.05, 3.63) is 11.6 Å². The molecule has 0 aliphatic heterocycles. The number of rotatable bonds is 5. The van der Waals surface area contributed by atoms with Crippen LogP contribution in [0.5, 0.6) is 0 Å². The lowest BCUT2D eigenvalue weighted by atomic mass is 9.80. The van der Waals surface area contributed by atoms with Crippen LogP contribution in [-0.2, 0) is 9.59 Å². The molecule has 1 rings (SSSR count). The van der Waals surface area contributed by atoms with Gasteiger partial charge in [0.15, 0.2) is 0 Å². The second-order valence-electron chi connectivity index (χ2n) is 5.93. The molecule has 0 bridgehead atoms. The maximum Gasteiger partial charge on any atom is 0.316 e. The van der Waals surface area contributed by atoms with E-state index in [1.807, 2.05) is 0 Å². The van der Waals surface area contributed by atoms with Gasteiger partial charge in [-0.25, -0.2) is 0 Å². The second kappa shape index (κ2) is 6.03. The number of hydrogen-bond donors (Lipinski definition) is 2. The molecule has 0 heterocycles. The molecule has 4 heteroatoms. The normalized spacial score (nSPS) is 17.2. The maximum absolute atomic E-state index is 11.9. The first-order valence-electron chi connectivity index (χ1n) is 6.51. The molecule has 0 saturated heterocycles. The van der Waals surface area contributed by atoms with E-state index in [0.717, 1.165) is 19.3 Å². The zero-order valence-electron chi connectivity index (χ0n) is 11.5. The summed E-state index contributed by atoms with van der Waals surface area (Å²) in [5, 5.41) is 11.9. The number of hydrogen-bond acceptors (Lipinski definition) is 2. The first kappa shape index (κ1) is 14.7. The lowest BCUT2D eigenvalue weighted by Crippen LogP contribution is -2.43. The number of amides is 1. The van der Waals surface area contributed by atoms with Gasteiger partial charge in [0.1, 0.15) is 5.92 Å². The smallest absolute Gasteiger partial charge is 0.316 e. The van der Waals surface area contributed by atoms with Crippen molar-refractivity contribution in [3.63, 3.8) is 0 Å². The van der Waals surface area contributed by atoms with Crippen molar-refractivity contribution in [2.75, 3.05) is 6.54 Å². The summed E-state index contributed by atoms with van der Waals surface area (Å²) in [4.78, 5) is 23.0. The lowest BCUT2D eigenvalue weighted by molar-refractivity contribution is -0.151. The van der Waals surface area contributed by atoms with Crippen LogP contribution in [0.25, 0.3) is 0 Å². The van der Waals surface area contributed by atoms with Gasteiger partial charge < -0.3 is 10.4 Å². The highest BCUT2D eigenvalue weighted by atomic mass is 16.4. The fourth-order valence-corrected chi connectivity index (χ4v) is 2.29. The first-order valence-corrected chi connectivity index (χ1v) is 6.51. The summed E-state index contributed by atoms with van der Waals surface area (Å²) in [6.07, 6.45) is 6.48. The Morgan fingerprint density at radius 2 is 2.11 bits per heavy atom. The summed E-state index contributed by atoms with van der Waals surface area (Å²) in [7, 11) is 0. The van der Waals surface area contributed by atoms with Gasteiger partial charge >= 0.3 is 5.97 Å². The average Bonchev–Trinajstić information content (AvgIpc) is 2.67. The van der Waals surface area contributed by atoms with Crippen LogP contribution in [0.4, 0.5) is 0 Å². The lowest BCUT2D eigenvalue weighted by Gasteiger charge is -2.25. The molecule has 0 aromatic heterocycles. The van der Waals surface area contributed by atoms with Crippen LogP contribution in [-0.4, -0.2) is 23.5 Å². The van der Waals surface area contributed by atoms with E-state index in [9.17, 15) is 9.59 Å². The fraction of sp³-hybridized carbons (Fsp3) is 0.714. The third-order valence-electron chi connectivity index (χ3n) is 3.26. The molecule has 1 unspecified atom stereocenters. The van der Waals surface area contributed by atoms with Crippen molar-refractivity contribution >= 4 is 11.9 Å². The van der Waals surface area contributed by atoms with Crippen molar-refractivity contribution in [1.82, 2.24) is 5.32 Å². The average molecular weight is 253 g/mol. The van der Waals surface area contributed by atoms with Gasteiger partial charge in [0.25, 0.3) is 0 Å². The first-order chi connectivity index (χ1) is 8.32. The monoisotopic (exact) mass is 253 g/mol. The zero-order valence-corrected chi connectivity index (χ0v) is 11.5. The van der Waals surface area contributed by atoms with E-state index in [2.05, 4.69) is 11.4 Å². The molecule has 0 radical (unpaired) electrons. The Kier molecular flexibility index (Phi) is 4.93. The molecule has 0 aromatic carbocycles. The molecule has 0 saturated carbocycles. The number of carboxylic acids is 1. The SMILES string of the molecule is CC(C)(C)C(C(=O)O)C(=O)NCCC1=CCCC1. The number of allylic oxidation sites excluding steroid dienone is 1. The summed E-state index contributed by atoms with van der Waals surface area (Å²) in [5.41, 5.74) is 0.806. The Labute approximate surface area is 108 Å². The molecule has 2 N–H and O–H groups in total. The molecular weight excluding hydrogens is 230 g/mol. The molecule has 4 nitrogen and oxygen atoms in total. The molecule has 18 heavy (non-hydrogen) atoms. The third kappa shape index (κ3) is 4.17. The maximum atomic E-state index is 11.9. The van der Waals surface area contributed by atoms with Crippen LogP contribution in [0.1, 0.15) is 46.5 Å². The minimum absolute atomic E-state index is 0.381. The van der Waals surface area contributed by atoms with Gasteiger partial charge in [-0.05, 0) is 31.1 Å². The number of carbonyl (C=O) groups excluding carboxylic acids is 1. The summed E-state index contributed by atoms with van der Waals surface area (Å²) in [6, 6.07) is 0. The van der Waals surface area contributed by atoms with Gasteiger partial charge in [-0.2, -0.15) is 0 Å². The van der Waals surface area contributed by atoms with Gasteiger partial charge in [0.2, 0.25) is 5.91 Å². The second-order valence-corrected chi connectivity index (χ2v) is 5.93. The highest BCUT2D eigenvalue weighted by molar-refractivity contribution is 5.97. The molecule has 1 aliphatic carbocycles. The molecule has 0 fully saturated rings. The van der Waals surface area contributed by atoms with E-state index in [1.54, 1.807) is 20.8 Å². The van der Waals surface area contributed by atoms with E-state index in [-0.39, 0.29) is 5.91 Å². The highest BCUT2D eigenvalue weighted by Crippen LogP contribution is 2.26. The number of carbonyl (C=O) groups is 2. The highest BCUT2D eigenvalue weighted by Gasteiger charge is 2.37. The van der Waals surface area contributed by atoms with E-state index in [4.69, 9.17) is 5.11 Å². The minimum Gasteiger partial charge on any atom is -0.481 e. The van der Waals surface area contributed by atoms with E-state index >= 15 is 0 Å². The van der Waals surface area contributed by atoms with Crippen LogP contribution < -0.4 is 5.32 Å². The number of carboxylic acid groups (broad SMARTS) is 1. The predicted molar refractivity (Wildman–Crippen MR) is 70.1 cm³/mol. The summed E-state index contributed by atoms with van der Waals surface area (Å²) < 4.78 is 0. The Morgan fingerprint density at radius 1 is 1.44 bits per heavy atom. The third-order valence-corrected chi connectivity index (χ3v) is 3.26. The Balaban J connectivity index is 2.44. The van der Waals surface area contributed by atoms with Crippen molar-refractivity contribution in [1.29, 1.82) is 0 Å². The Bertz CT molecular complexity index is 353. The van der Waals surface area contributed by atoms with Gasteiger partial charge in [-0.15, -0.1) is 0 Å². The topological polar surface area (TPSA) is 66.4 Å². The van der Waals surface area contributed by atoms with Gasteiger partial charge in [0.05, 0.1) is 0 Å². The van der Waals surface area contributed by atoms with Crippen LogP contribution in [0.15, 0.2) is 11.6 Å². The van der Waals surface area contributed by atoms with Crippen molar-refractivity contribution in [2.24, 2.45) is 11.3 Å². The fourth-order valence-electron chi connectivity index (χ4n) is 2.29. The molecular formula is C14H23NO3. The van der Waals surface area contributed by atoms with Crippen molar-refractivity contribution in [3.8, 4) is 0 Å². The number of nitrogens with one attached hydrogen (secondary N) is 1. The summed E-state index contributed by atoms with van der Waals surface area (Å²) >= 11 is 0. The van der Waals surface area contributed by atoms with Crippen LogP contribution in [0, 0.1) is 11.3 Å². The number of aliphatic carboxylic acids is 1. The predicted octanol–water partition coefficient (Wildman–Crippen LogP) is 2.35. The van der Waals surface area contributed by atoms with Crippen molar-refractivity contribution < 1.29 is 14.7 Å². The molecule has 1 atom stereocenters. The van der Waals surface area contributed by atoms with E-state index < -0.39 is 17.3 Å². The minimum atomic E-state index is -1.06. The Morgan fingerprint density at radius 3 is 2.56 bits per heavy atom. The summed E-state index contributed by atoms with van der Waals surface area (Å²) in [5.74, 6) is -2.43. The molecule has 0 spiro atoms. The molecule has 102 valence electrons. The zero-order chi connectivity index (χ0) is 13.8. The van der Waals surface area contributed by atoms with Crippen LogP contribution >= 0.6 is 0 Å². The quantitative estimate of drug-likeness (QED) is 0.584. The summed E-state index contributed by atoms with van der Waals surface area (Å²) in [6.45, 7) is 5.84. The van der Waals surface area contributed by atoms with Gasteiger partial charge in [0, 0.05) is 6.54 Å². The molecule has 1 aliphatic rings. The van der Waals surface area contributed by atoms with Gasteiger partial charge in [-0.1, -0.05) is 32.4 Å². The Hall–Kier alpha value is -1.32.